The minimum atomic E-state index is -0.892. The second kappa shape index (κ2) is 9.30. The summed E-state index contributed by atoms with van der Waals surface area (Å²) in [7, 11) is 1.32. The molecule has 0 saturated carbocycles. The minimum absolute atomic E-state index is 0.135. The van der Waals surface area contributed by atoms with Crippen LogP contribution >= 0.6 is 0 Å². The molecule has 0 radical (unpaired) electrons. The number of carbonyl (C=O) groups is 3. The molecule has 3 rings (SSSR count). The molecule has 2 amide bonds. The molecule has 0 spiro atoms. The Morgan fingerprint density at radius 1 is 0.969 bits per heavy atom. The van der Waals surface area contributed by atoms with Gasteiger partial charge >= 0.3 is 12.1 Å². The van der Waals surface area contributed by atoms with Crippen LogP contribution in [0.25, 0.3) is 0 Å². The van der Waals surface area contributed by atoms with E-state index in [4.69, 9.17) is 0 Å². The summed E-state index contributed by atoms with van der Waals surface area (Å²) < 4.78 is 4.67. The van der Waals surface area contributed by atoms with Crippen LogP contribution in [0.1, 0.15) is 41.5 Å². The molecule has 170 valence electrons. The lowest BCUT2D eigenvalue weighted by Gasteiger charge is -2.46. The lowest BCUT2D eigenvalue weighted by molar-refractivity contribution is 0.0600. The Labute approximate surface area is 187 Å². The summed E-state index contributed by atoms with van der Waals surface area (Å²) in [6.45, 7) is 7.75. The van der Waals surface area contributed by atoms with Crippen LogP contribution in [-0.4, -0.2) is 60.8 Å². The Kier molecular flexibility index (Phi) is 6.72. The number of ether oxygens (including phenoxy) is 1. The van der Waals surface area contributed by atoms with Crippen LogP contribution in [0, 0.1) is 5.41 Å². The van der Waals surface area contributed by atoms with E-state index in [0.29, 0.717) is 36.4 Å². The lowest BCUT2D eigenvalue weighted by Crippen LogP contribution is -2.59. The summed E-state index contributed by atoms with van der Waals surface area (Å²) >= 11 is 0. The number of esters is 1. The van der Waals surface area contributed by atoms with Crippen molar-refractivity contribution in [1.82, 2.24) is 4.90 Å². The highest BCUT2D eigenvalue weighted by atomic mass is 16.5. The number of anilines is 2. The van der Waals surface area contributed by atoms with E-state index >= 15 is 0 Å². The van der Waals surface area contributed by atoms with Crippen molar-refractivity contribution in [2.45, 2.75) is 26.8 Å². The molecule has 1 saturated heterocycles. The number of carbonyl (C=O) groups excluding carboxylic acids is 2. The molecule has 1 aliphatic heterocycles. The average molecular weight is 440 g/mol. The van der Waals surface area contributed by atoms with Crippen LogP contribution in [0.15, 0.2) is 48.5 Å². The molecule has 1 heterocycles. The van der Waals surface area contributed by atoms with Gasteiger partial charge in [-0.25, -0.2) is 9.59 Å². The predicted octanol–water partition coefficient (Wildman–Crippen LogP) is 3.94. The molecule has 1 aliphatic rings. The molecule has 1 atom stereocenters. The maximum Gasteiger partial charge on any atom is 0.407 e. The maximum atomic E-state index is 12.6. The van der Waals surface area contributed by atoms with Gasteiger partial charge in [0.1, 0.15) is 0 Å². The van der Waals surface area contributed by atoms with Crippen molar-refractivity contribution in [3.05, 3.63) is 59.7 Å². The molecule has 2 N–H and O–H groups in total. The molecule has 2 aromatic carbocycles. The molecule has 8 heteroatoms. The largest absolute Gasteiger partial charge is 0.465 e. The van der Waals surface area contributed by atoms with Gasteiger partial charge in [0.2, 0.25) is 0 Å². The normalized spacial score (nSPS) is 16.4. The maximum absolute atomic E-state index is 12.6. The Morgan fingerprint density at radius 2 is 1.56 bits per heavy atom. The zero-order chi connectivity index (χ0) is 23.5. The summed E-state index contributed by atoms with van der Waals surface area (Å²) in [6, 6.07) is 13.6. The molecule has 0 aromatic heterocycles. The zero-order valence-electron chi connectivity index (χ0n) is 18.8. The number of carboxylic acid groups (broad SMARTS) is 1. The average Bonchev–Trinajstić information content (AvgIpc) is 2.78. The van der Waals surface area contributed by atoms with Gasteiger partial charge in [-0.15, -0.1) is 0 Å². The van der Waals surface area contributed by atoms with E-state index in [0.717, 1.165) is 5.69 Å². The number of hydrogen-bond donors (Lipinski definition) is 2. The van der Waals surface area contributed by atoms with E-state index < -0.39 is 12.1 Å². The van der Waals surface area contributed by atoms with E-state index in [1.807, 2.05) is 32.9 Å². The van der Waals surface area contributed by atoms with Gasteiger partial charge in [0.15, 0.2) is 0 Å². The summed E-state index contributed by atoms with van der Waals surface area (Å²) in [5.74, 6) is -0.693. The highest BCUT2D eigenvalue weighted by molar-refractivity contribution is 6.04. The van der Waals surface area contributed by atoms with Crippen LogP contribution in [-0.2, 0) is 4.74 Å². The van der Waals surface area contributed by atoms with Gasteiger partial charge < -0.3 is 25.0 Å². The first-order valence-electron chi connectivity index (χ1n) is 10.4. The Morgan fingerprint density at radius 3 is 2.09 bits per heavy atom. The number of nitrogens with zero attached hydrogens (tertiary/aromatic N) is 2. The van der Waals surface area contributed by atoms with Crippen LogP contribution in [0.2, 0.25) is 0 Å². The molecule has 2 aromatic rings. The van der Waals surface area contributed by atoms with E-state index in [9.17, 15) is 19.5 Å². The molecular formula is C24H29N3O5. The van der Waals surface area contributed by atoms with Gasteiger partial charge in [-0.2, -0.15) is 0 Å². The molecule has 8 nitrogen and oxygen atoms in total. The first-order valence-corrected chi connectivity index (χ1v) is 10.4. The Bertz CT molecular complexity index is 980. The first kappa shape index (κ1) is 23.1. The SMILES string of the molecule is COC(=O)c1ccc(NC(=O)c2ccc(N3CCN(C(=O)O)C(C(C)(C)C)C3)cc2)cc1. The number of benzene rings is 2. The minimum Gasteiger partial charge on any atom is -0.465 e. The standard InChI is InChI=1S/C24H29N3O5/c1-24(2,3)20-15-26(13-14-27(20)23(30)31)19-11-7-16(8-12-19)21(28)25-18-9-5-17(6-10-18)22(29)32-4/h5-12,20H,13-15H2,1-4H3,(H,25,28)(H,30,31). The number of amides is 2. The monoisotopic (exact) mass is 439 g/mol. The lowest BCUT2D eigenvalue weighted by atomic mass is 9.84. The number of nitrogens with one attached hydrogen (secondary N) is 1. The molecule has 0 bridgehead atoms. The number of methoxy groups -OCH3 is 1. The molecule has 1 fully saturated rings. The topological polar surface area (TPSA) is 99.2 Å². The van der Waals surface area contributed by atoms with Crippen LogP contribution in [0.4, 0.5) is 16.2 Å². The van der Waals surface area contributed by atoms with Crippen molar-refractivity contribution in [2.24, 2.45) is 5.41 Å². The third-order valence-electron chi connectivity index (χ3n) is 5.68. The van der Waals surface area contributed by atoms with Gasteiger partial charge in [-0.1, -0.05) is 20.8 Å². The predicted molar refractivity (Wildman–Crippen MR) is 122 cm³/mol. The third kappa shape index (κ3) is 5.19. The smallest absolute Gasteiger partial charge is 0.407 e. The second-order valence-corrected chi connectivity index (χ2v) is 8.87. The van der Waals surface area contributed by atoms with Gasteiger partial charge in [0, 0.05) is 36.6 Å². The van der Waals surface area contributed by atoms with E-state index in [1.54, 1.807) is 36.4 Å². The van der Waals surface area contributed by atoms with Crippen LogP contribution < -0.4 is 10.2 Å². The van der Waals surface area contributed by atoms with Crippen molar-refractivity contribution in [2.75, 3.05) is 37.0 Å². The van der Waals surface area contributed by atoms with Gasteiger partial charge in [0.05, 0.1) is 18.7 Å². The quantitative estimate of drug-likeness (QED) is 0.700. The fourth-order valence-electron chi connectivity index (χ4n) is 3.82. The van der Waals surface area contributed by atoms with E-state index in [1.165, 1.54) is 12.0 Å². The van der Waals surface area contributed by atoms with Gasteiger partial charge in [0.25, 0.3) is 5.91 Å². The third-order valence-corrected chi connectivity index (χ3v) is 5.68. The van der Waals surface area contributed by atoms with Crippen LogP contribution in [0.3, 0.4) is 0 Å². The van der Waals surface area contributed by atoms with Crippen LogP contribution in [0.5, 0.6) is 0 Å². The highest BCUT2D eigenvalue weighted by Gasteiger charge is 2.38. The van der Waals surface area contributed by atoms with Crippen molar-refractivity contribution in [1.29, 1.82) is 0 Å². The summed E-state index contributed by atoms with van der Waals surface area (Å²) in [6.07, 6.45) is -0.892. The highest BCUT2D eigenvalue weighted by Crippen LogP contribution is 2.30. The Balaban J connectivity index is 1.67. The molecule has 1 unspecified atom stereocenters. The van der Waals surface area contributed by atoms with Gasteiger partial charge in [-0.3, -0.25) is 4.79 Å². The molecule has 32 heavy (non-hydrogen) atoms. The molecule has 0 aliphatic carbocycles. The number of piperazine rings is 1. The van der Waals surface area contributed by atoms with E-state index in [2.05, 4.69) is 15.0 Å². The zero-order valence-corrected chi connectivity index (χ0v) is 18.8. The summed E-state index contributed by atoms with van der Waals surface area (Å²) in [5, 5.41) is 12.4. The second-order valence-electron chi connectivity index (χ2n) is 8.87. The number of rotatable bonds is 4. The first-order chi connectivity index (χ1) is 15.1. The fraction of sp³-hybridized carbons (Fsp3) is 0.375. The number of hydrogen-bond acceptors (Lipinski definition) is 5. The summed E-state index contributed by atoms with van der Waals surface area (Å²) in [4.78, 5) is 39.4. The molecular weight excluding hydrogens is 410 g/mol. The fourth-order valence-corrected chi connectivity index (χ4v) is 3.82. The van der Waals surface area contributed by atoms with Crippen molar-refractivity contribution < 1.29 is 24.2 Å². The summed E-state index contributed by atoms with van der Waals surface area (Å²) in [5.41, 5.74) is 2.24. The van der Waals surface area contributed by atoms with Crippen molar-refractivity contribution in [3.8, 4) is 0 Å². The van der Waals surface area contributed by atoms with Crippen molar-refractivity contribution in [3.63, 3.8) is 0 Å². The van der Waals surface area contributed by atoms with Crippen molar-refractivity contribution >= 4 is 29.3 Å². The Hall–Kier alpha value is -3.55. The van der Waals surface area contributed by atoms with Gasteiger partial charge in [-0.05, 0) is 53.9 Å². The van der Waals surface area contributed by atoms with E-state index in [-0.39, 0.29) is 17.4 Å².